The van der Waals surface area contributed by atoms with Gasteiger partial charge in [0.05, 0.1) is 18.9 Å². The number of carbonyl (C=O) groups is 6. The van der Waals surface area contributed by atoms with Crippen molar-refractivity contribution in [2.45, 2.75) is 63.7 Å². The molecule has 0 aliphatic rings. The highest BCUT2D eigenvalue weighted by Gasteiger charge is 2.32. The number of hydrogen-bond acceptors (Lipinski definition) is 8. The molecule has 0 aliphatic carbocycles. The van der Waals surface area contributed by atoms with E-state index >= 15 is 0 Å². The normalized spacial score (nSPS) is 14.5. The van der Waals surface area contributed by atoms with Crippen molar-refractivity contribution in [1.29, 1.82) is 0 Å². The molecule has 0 aromatic carbocycles. The average molecular weight is 493 g/mol. The summed E-state index contributed by atoms with van der Waals surface area (Å²) < 4.78 is 0. The first-order valence-electron chi connectivity index (χ1n) is 10.1. The maximum Gasteiger partial charge on any atom is 0.326 e. The standard InChI is InChI=1S/C19H32N4O9S/c1-9(2)6-13(19(31)32)23-18(30)12(8-15(26)27)22-17(29)11(7-14(24)25)21-16(28)10(20)4-5-33-3/h9-13H,4-8,20H2,1-3H3,(H,21,28)(H,22,29)(H,23,30)(H,24,25)(H,26,27)(H,31,32). The summed E-state index contributed by atoms with van der Waals surface area (Å²) in [5.41, 5.74) is 5.72. The summed E-state index contributed by atoms with van der Waals surface area (Å²) in [7, 11) is 0. The van der Waals surface area contributed by atoms with Crippen LogP contribution in [0.2, 0.25) is 0 Å². The molecule has 3 amide bonds. The fraction of sp³-hybridized carbons (Fsp3) is 0.684. The highest BCUT2D eigenvalue weighted by molar-refractivity contribution is 7.98. The molecular formula is C19H32N4O9S. The lowest BCUT2D eigenvalue weighted by Crippen LogP contribution is -2.58. The van der Waals surface area contributed by atoms with Crippen LogP contribution < -0.4 is 21.7 Å². The molecule has 0 saturated heterocycles. The van der Waals surface area contributed by atoms with Gasteiger partial charge >= 0.3 is 17.9 Å². The van der Waals surface area contributed by atoms with E-state index in [9.17, 15) is 33.9 Å². The van der Waals surface area contributed by atoms with Crippen molar-refractivity contribution in [3.8, 4) is 0 Å². The van der Waals surface area contributed by atoms with Gasteiger partial charge in [0.15, 0.2) is 0 Å². The third-order valence-corrected chi connectivity index (χ3v) is 4.96. The van der Waals surface area contributed by atoms with Crippen LogP contribution in [-0.2, 0) is 28.8 Å². The molecule has 0 aromatic heterocycles. The van der Waals surface area contributed by atoms with Crippen molar-refractivity contribution in [2.75, 3.05) is 12.0 Å². The number of amides is 3. The smallest absolute Gasteiger partial charge is 0.326 e. The highest BCUT2D eigenvalue weighted by Crippen LogP contribution is 2.07. The van der Waals surface area contributed by atoms with Gasteiger partial charge in [-0.2, -0.15) is 11.8 Å². The minimum absolute atomic E-state index is 0.0560. The molecule has 0 aliphatic heterocycles. The second-order valence-electron chi connectivity index (χ2n) is 7.74. The largest absolute Gasteiger partial charge is 0.481 e. The fourth-order valence-corrected chi connectivity index (χ4v) is 3.15. The van der Waals surface area contributed by atoms with E-state index in [1.165, 1.54) is 11.8 Å². The zero-order chi connectivity index (χ0) is 25.7. The Morgan fingerprint density at radius 2 is 1.21 bits per heavy atom. The Kier molecular flexibility index (Phi) is 13.7. The topological polar surface area (TPSA) is 225 Å². The van der Waals surface area contributed by atoms with Crippen LogP contribution in [0.15, 0.2) is 0 Å². The number of thioether (sulfide) groups is 1. The van der Waals surface area contributed by atoms with E-state index in [4.69, 9.17) is 15.9 Å². The lowest BCUT2D eigenvalue weighted by Gasteiger charge is -2.24. The van der Waals surface area contributed by atoms with Crippen molar-refractivity contribution >= 4 is 47.4 Å². The maximum absolute atomic E-state index is 12.6. The predicted molar refractivity (Wildman–Crippen MR) is 118 cm³/mol. The summed E-state index contributed by atoms with van der Waals surface area (Å²) in [6, 6.07) is -5.67. The highest BCUT2D eigenvalue weighted by atomic mass is 32.2. The summed E-state index contributed by atoms with van der Waals surface area (Å²) in [6.07, 6.45) is 0.381. The van der Waals surface area contributed by atoms with E-state index < -0.39 is 72.6 Å². The van der Waals surface area contributed by atoms with Gasteiger partial charge in [-0.15, -0.1) is 0 Å². The van der Waals surface area contributed by atoms with Gasteiger partial charge in [-0.25, -0.2) is 4.79 Å². The fourth-order valence-electron chi connectivity index (χ4n) is 2.66. The van der Waals surface area contributed by atoms with Crippen molar-refractivity contribution < 1.29 is 44.1 Å². The molecule has 0 spiro atoms. The van der Waals surface area contributed by atoms with Gasteiger partial charge in [-0.05, 0) is 30.8 Å². The molecule has 4 atom stereocenters. The Bertz CT molecular complexity index is 732. The Labute approximate surface area is 195 Å². The molecular weight excluding hydrogens is 460 g/mol. The summed E-state index contributed by atoms with van der Waals surface area (Å²) in [5, 5.41) is 33.9. The average Bonchev–Trinajstić information content (AvgIpc) is 2.68. The molecule has 0 saturated carbocycles. The predicted octanol–water partition coefficient (Wildman–Crippen LogP) is -1.40. The lowest BCUT2D eigenvalue weighted by molar-refractivity contribution is -0.145. The molecule has 0 fully saturated rings. The third-order valence-electron chi connectivity index (χ3n) is 4.31. The number of rotatable bonds is 16. The molecule has 13 nitrogen and oxygen atoms in total. The van der Waals surface area contributed by atoms with Gasteiger partial charge in [-0.3, -0.25) is 24.0 Å². The Morgan fingerprint density at radius 1 is 0.788 bits per heavy atom. The zero-order valence-corrected chi connectivity index (χ0v) is 19.5. The van der Waals surface area contributed by atoms with Crippen LogP contribution in [0.5, 0.6) is 0 Å². The number of carbonyl (C=O) groups excluding carboxylic acids is 3. The maximum atomic E-state index is 12.6. The van der Waals surface area contributed by atoms with Crippen LogP contribution in [0.1, 0.15) is 39.5 Å². The van der Waals surface area contributed by atoms with Gasteiger partial charge in [0.2, 0.25) is 17.7 Å². The van der Waals surface area contributed by atoms with Crippen molar-refractivity contribution in [3.05, 3.63) is 0 Å². The first kappa shape index (κ1) is 30.1. The van der Waals surface area contributed by atoms with Crippen LogP contribution in [0.25, 0.3) is 0 Å². The zero-order valence-electron chi connectivity index (χ0n) is 18.7. The quantitative estimate of drug-likeness (QED) is 0.133. The Hall–Kier alpha value is -2.87. The second kappa shape index (κ2) is 15.1. The summed E-state index contributed by atoms with van der Waals surface area (Å²) >= 11 is 1.44. The van der Waals surface area contributed by atoms with E-state index in [-0.39, 0.29) is 18.8 Å². The van der Waals surface area contributed by atoms with Crippen LogP contribution in [0, 0.1) is 5.92 Å². The molecule has 0 rings (SSSR count). The monoisotopic (exact) mass is 492 g/mol. The number of nitrogens with one attached hydrogen (secondary N) is 3. The van der Waals surface area contributed by atoms with E-state index in [1.54, 1.807) is 20.1 Å². The van der Waals surface area contributed by atoms with E-state index in [0.29, 0.717) is 5.75 Å². The number of aliphatic carboxylic acids is 3. The third kappa shape index (κ3) is 12.7. The number of hydrogen-bond donors (Lipinski definition) is 7. The van der Waals surface area contributed by atoms with Crippen molar-refractivity contribution in [2.24, 2.45) is 11.7 Å². The van der Waals surface area contributed by atoms with Crippen molar-refractivity contribution in [3.63, 3.8) is 0 Å². The Balaban J connectivity index is 5.50. The van der Waals surface area contributed by atoms with Gasteiger partial charge in [0.1, 0.15) is 18.1 Å². The van der Waals surface area contributed by atoms with Crippen LogP contribution in [0.4, 0.5) is 0 Å². The minimum atomic E-state index is -1.71. The first-order valence-corrected chi connectivity index (χ1v) is 11.5. The summed E-state index contributed by atoms with van der Waals surface area (Å²) in [6.45, 7) is 3.45. The summed E-state index contributed by atoms with van der Waals surface area (Å²) in [4.78, 5) is 71.1. The van der Waals surface area contributed by atoms with Crippen LogP contribution >= 0.6 is 11.8 Å². The van der Waals surface area contributed by atoms with Crippen LogP contribution in [0.3, 0.4) is 0 Å². The van der Waals surface area contributed by atoms with Crippen LogP contribution in [-0.4, -0.2) is 87.1 Å². The minimum Gasteiger partial charge on any atom is -0.481 e. The molecule has 0 bridgehead atoms. The van der Waals surface area contributed by atoms with Gasteiger partial charge in [0, 0.05) is 0 Å². The lowest BCUT2D eigenvalue weighted by atomic mass is 10.0. The molecule has 188 valence electrons. The summed E-state index contributed by atoms with van der Waals surface area (Å²) in [5.74, 6) is -6.79. The molecule has 0 radical (unpaired) electrons. The first-order chi connectivity index (χ1) is 15.3. The molecule has 14 heteroatoms. The SMILES string of the molecule is CSCCC(N)C(=O)NC(CC(=O)O)C(=O)NC(CC(=O)O)C(=O)NC(CC(C)C)C(=O)O. The molecule has 4 unspecified atom stereocenters. The van der Waals surface area contributed by atoms with E-state index in [2.05, 4.69) is 16.0 Å². The molecule has 8 N–H and O–H groups in total. The number of carboxylic acid groups (broad SMARTS) is 3. The number of carboxylic acids is 3. The molecule has 0 heterocycles. The van der Waals surface area contributed by atoms with Gasteiger partial charge in [0.25, 0.3) is 0 Å². The van der Waals surface area contributed by atoms with E-state index in [1.807, 2.05) is 0 Å². The van der Waals surface area contributed by atoms with Crippen molar-refractivity contribution in [1.82, 2.24) is 16.0 Å². The number of nitrogens with two attached hydrogens (primary N) is 1. The molecule has 33 heavy (non-hydrogen) atoms. The van der Waals surface area contributed by atoms with Gasteiger partial charge in [-0.1, -0.05) is 13.8 Å². The van der Waals surface area contributed by atoms with E-state index in [0.717, 1.165) is 0 Å². The second-order valence-corrected chi connectivity index (χ2v) is 8.72. The molecule has 0 aromatic rings. The Morgan fingerprint density at radius 3 is 1.58 bits per heavy atom. The van der Waals surface area contributed by atoms with Gasteiger partial charge < -0.3 is 37.0 Å².